The molecule has 4 aromatic rings. The highest BCUT2D eigenvalue weighted by molar-refractivity contribution is 5.83. The number of aryl methyl sites for hydroxylation is 1. The quantitative estimate of drug-likeness (QED) is 0.333. The predicted octanol–water partition coefficient (Wildman–Crippen LogP) is 4.74. The lowest BCUT2D eigenvalue weighted by molar-refractivity contribution is -0.103. The van der Waals surface area contributed by atoms with Gasteiger partial charge in [0.25, 0.3) is 0 Å². The van der Waals surface area contributed by atoms with Crippen molar-refractivity contribution in [3.8, 4) is 11.3 Å². The normalized spacial score (nSPS) is 18.3. The largest absolute Gasteiger partial charge is 0.373 e. The van der Waals surface area contributed by atoms with E-state index in [0.29, 0.717) is 35.9 Å². The molecule has 0 bridgehead atoms. The molecule has 1 aliphatic rings. The van der Waals surface area contributed by atoms with Gasteiger partial charge in [0.15, 0.2) is 11.6 Å². The zero-order chi connectivity index (χ0) is 27.7. The molecule has 0 radical (unpaired) electrons. The summed E-state index contributed by atoms with van der Waals surface area (Å²) in [5.41, 5.74) is 7.71. The Bertz CT molecular complexity index is 1470. The van der Waals surface area contributed by atoms with Crippen molar-refractivity contribution >= 4 is 22.8 Å². The number of imidazole rings is 1. The molecule has 3 aromatic heterocycles. The molecule has 3 N–H and O–H groups in total. The average Bonchev–Trinajstić information content (AvgIpc) is 3.23. The van der Waals surface area contributed by atoms with Gasteiger partial charge in [-0.3, -0.25) is 4.90 Å². The number of pyridine rings is 1. The van der Waals surface area contributed by atoms with Crippen molar-refractivity contribution in [3.63, 3.8) is 0 Å². The van der Waals surface area contributed by atoms with Crippen LogP contribution in [-0.2, 0) is 11.3 Å². The number of nitrogens with one attached hydrogen (secondary N) is 1. The third-order valence-corrected chi connectivity index (χ3v) is 7.02. The molecular weight excluding hydrogens is 502 g/mol. The number of hydrogen-bond acceptors (Lipinski definition) is 8. The zero-order valence-corrected chi connectivity index (χ0v) is 22.7. The van der Waals surface area contributed by atoms with Crippen molar-refractivity contribution in [2.45, 2.75) is 52.3 Å². The number of hydrogen-bond donors (Lipinski definition) is 2. The minimum Gasteiger partial charge on any atom is -0.373 e. The molecule has 9 nitrogen and oxygen atoms in total. The standard InChI is InChI=1S/C28H34F2N8O/c1-17(2)38-18(3)34-26-21(29)11-20(12-23(26)38)25-22(30)14-33-27(36-25)35-24-6-5-19(13-32-24)15-37-9-10-39-28(4,16-37)7-8-31/h5-6,11-14,17H,7-10,15-16,31H2,1-4H3,(H,32,33,35,36)/t28-/m1/s1. The minimum atomic E-state index is -0.651. The van der Waals surface area contributed by atoms with Gasteiger partial charge < -0.3 is 20.4 Å². The third kappa shape index (κ3) is 5.75. The Morgan fingerprint density at radius 1 is 1.13 bits per heavy atom. The van der Waals surface area contributed by atoms with Crippen LogP contribution in [0.25, 0.3) is 22.3 Å². The highest BCUT2D eigenvalue weighted by Crippen LogP contribution is 2.30. The van der Waals surface area contributed by atoms with E-state index in [1.54, 1.807) is 12.3 Å². The molecule has 0 amide bonds. The van der Waals surface area contributed by atoms with Gasteiger partial charge in [0.1, 0.15) is 22.9 Å². The van der Waals surface area contributed by atoms with E-state index in [1.807, 2.05) is 37.5 Å². The van der Waals surface area contributed by atoms with Gasteiger partial charge in [-0.15, -0.1) is 0 Å². The Labute approximate surface area is 226 Å². The Morgan fingerprint density at radius 3 is 2.67 bits per heavy atom. The van der Waals surface area contributed by atoms with Gasteiger partial charge in [-0.05, 0) is 64.4 Å². The summed E-state index contributed by atoms with van der Waals surface area (Å²) in [6.07, 6.45) is 3.68. The van der Waals surface area contributed by atoms with Crippen LogP contribution in [0.1, 0.15) is 44.6 Å². The molecule has 1 atom stereocenters. The number of fused-ring (bicyclic) bond motifs is 1. The molecule has 0 unspecified atom stereocenters. The fourth-order valence-corrected chi connectivity index (χ4v) is 5.26. The summed E-state index contributed by atoms with van der Waals surface area (Å²) in [7, 11) is 0. The van der Waals surface area contributed by atoms with Crippen LogP contribution in [0.2, 0.25) is 0 Å². The first kappa shape index (κ1) is 27.0. The van der Waals surface area contributed by atoms with E-state index in [0.717, 1.165) is 37.8 Å². The molecule has 0 aliphatic carbocycles. The van der Waals surface area contributed by atoms with Gasteiger partial charge in [-0.1, -0.05) is 6.07 Å². The number of ether oxygens (including phenoxy) is 1. The van der Waals surface area contributed by atoms with Crippen LogP contribution in [0, 0.1) is 18.6 Å². The van der Waals surface area contributed by atoms with E-state index in [4.69, 9.17) is 10.5 Å². The highest BCUT2D eigenvalue weighted by Gasteiger charge is 2.31. The summed E-state index contributed by atoms with van der Waals surface area (Å²) in [5, 5.41) is 3.03. The Morgan fingerprint density at radius 2 is 1.95 bits per heavy atom. The molecule has 11 heteroatoms. The fraction of sp³-hybridized carbons (Fsp3) is 0.429. The SMILES string of the molecule is Cc1nc2c(F)cc(-c3nc(Nc4ccc(CN5CCO[C@](C)(CCN)C5)cn4)ncc3F)cc2n1C(C)C. The molecule has 0 spiro atoms. The van der Waals surface area contributed by atoms with Crippen LogP contribution in [-0.4, -0.2) is 61.2 Å². The van der Waals surface area contributed by atoms with Crippen molar-refractivity contribution in [2.75, 3.05) is 31.6 Å². The molecule has 5 rings (SSSR count). The van der Waals surface area contributed by atoms with Crippen LogP contribution in [0.15, 0.2) is 36.7 Å². The summed E-state index contributed by atoms with van der Waals surface area (Å²) < 4.78 is 37.7. The Kier molecular flexibility index (Phi) is 7.57. The van der Waals surface area contributed by atoms with Gasteiger partial charge in [-0.25, -0.2) is 28.7 Å². The lowest BCUT2D eigenvalue weighted by atomic mass is 9.99. The van der Waals surface area contributed by atoms with Gasteiger partial charge >= 0.3 is 0 Å². The van der Waals surface area contributed by atoms with Crippen molar-refractivity contribution in [2.24, 2.45) is 5.73 Å². The smallest absolute Gasteiger partial charge is 0.229 e. The van der Waals surface area contributed by atoms with E-state index in [9.17, 15) is 8.78 Å². The molecule has 1 aromatic carbocycles. The van der Waals surface area contributed by atoms with Gasteiger partial charge in [0, 0.05) is 37.4 Å². The molecular formula is C28H34F2N8O. The van der Waals surface area contributed by atoms with Crippen LogP contribution < -0.4 is 11.1 Å². The second-order valence-corrected chi connectivity index (χ2v) is 10.6. The Balaban J connectivity index is 1.34. The van der Waals surface area contributed by atoms with E-state index >= 15 is 0 Å². The first-order valence-corrected chi connectivity index (χ1v) is 13.1. The first-order chi connectivity index (χ1) is 18.7. The summed E-state index contributed by atoms with van der Waals surface area (Å²) in [4.78, 5) is 19.6. The lowest BCUT2D eigenvalue weighted by Gasteiger charge is -2.40. The molecule has 39 heavy (non-hydrogen) atoms. The van der Waals surface area contributed by atoms with E-state index in [-0.39, 0.29) is 28.8 Å². The Hall–Kier alpha value is -3.54. The van der Waals surface area contributed by atoms with Crippen LogP contribution >= 0.6 is 0 Å². The van der Waals surface area contributed by atoms with Gasteiger partial charge in [0.05, 0.1) is 23.9 Å². The molecule has 206 valence electrons. The van der Waals surface area contributed by atoms with Gasteiger partial charge in [-0.2, -0.15) is 0 Å². The first-order valence-electron chi connectivity index (χ1n) is 13.1. The van der Waals surface area contributed by atoms with Crippen LogP contribution in [0.4, 0.5) is 20.5 Å². The maximum Gasteiger partial charge on any atom is 0.229 e. The van der Waals surface area contributed by atoms with Crippen molar-refractivity contribution in [3.05, 3.63) is 59.7 Å². The summed E-state index contributed by atoms with van der Waals surface area (Å²) >= 11 is 0. The highest BCUT2D eigenvalue weighted by atomic mass is 19.1. The maximum absolute atomic E-state index is 15.0. The number of aromatic nitrogens is 5. The average molecular weight is 537 g/mol. The van der Waals surface area contributed by atoms with Crippen molar-refractivity contribution < 1.29 is 13.5 Å². The van der Waals surface area contributed by atoms with E-state index in [1.165, 1.54) is 6.07 Å². The van der Waals surface area contributed by atoms with E-state index < -0.39 is 11.6 Å². The molecule has 0 saturated carbocycles. The fourth-order valence-electron chi connectivity index (χ4n) is 5.26. The second-order valence-electron chi connectivity index (χ2n) is 10.6. The molecule has 1 aliphatic heterocycles. The molecule has 4 heterocycles. The number of nitrogens with zero attached hydrogens (tertiary/aromatic N) is 6. The lowest BCUT2D eigenvalue weighted by Crippen LogP contribution is -2.50. The van der Waals surface area contributed by atoms with E-state index in [2.05, 4.69) is 37.1 Å². The topological polar surface area (TPSA) is 107 Å². The predicted molar refractivity (Wildman–Crippen MR) is 147 cm³/mol. The number of anilines is 2. The van der Waals surface area contributed by atoms with Crippen LogP contribution in [0.5, 0.6) is 0 Å². The van der Waals surface area contributed by atoms with Crippen molar-refractivity contribution in [1.29, 1.82) is 0 Å². The summed E-state index contributed by atoms with van der Waals surface area (Å²) in [6, 6.07) is 6.84. The minimum absolute atomic E-state index is 0.00748. The maximum atomic E-state index is 15.0. The summed E-state index contributed by atoms with van der Waals surface area (Å²) in [5.74, 6) is 0.183. The zero-order valence-electron chi connectivity index (χ0n) is 22.7. The van der Waals surface area contributed by atoms with Crippen molar-refractivity contribution in [1.82, 2.24) is 29.4 Å². The second kappa shape index (κ2) is 10.9. The molecule has 1 saturated heterocycles. The monoisotopic (exact) mass is 536 g/mol. The number of halogens is 2. The number of benzene rings is 1. The molecule has 1 fully saturated rings. The number of nitrogens with two attached hydrogens (primary N) is 1. The van der Waals surface area contributed by atoms with Crippen LogP contribution in [0.3, 0.4) is 0 Å². The summed E-state index contributed by atoms with van der Waals surface area (Å²) in [6.45, 7) is 11.6. The number of morpholine rings is 1. The number of rotatable bonds is 8. The third-order valence-electron chi connectivity index (χ3n) is 7.02. The van der Waals surface area contributed by atoms with Gasteiger partial charge in [0.2, 0.25) is 5.95 Å².